The number of rotatable bonds is 5. The molecule has 1 N–H and O–H groups in total. The zero-order valence-electron chi connectivity index (χ0n) is 14.9. The Morgan fingerprint density at radius 3 is 2.38 bits per heavy atom. The summed E-state index contributed by atoms with van der Waals surface area (Å²) in [5.41, 5.74) is 1.10. The highest BCUT2D eigenvalue weighted by Crippen LogP contribution is 2.22. The van der Waals surface area contributed by atoms with Crippen LogP contribution in [0.2, 0.25) is 0 Å². The Balaban J connectivity index is 1.98. The first kappa shape index (κ1) is 18.1. The molecule has 0 saturated carbocycles. The van der Waals surface area contributed by atoms with Crippen LogP contribution in [0.15, 0.2) is 24.3 Å². The highest BCUT2D eigenvalue weighted by molar-refractivity contribution is 5.87. The topological polar surface area (TPSA) is 61.9 Å². The van der Waals surface area contributed by atoms with Crippen molar-refractivity contribution >= 4 is 17.5 Å². The fourth-order valence-corrected chi connectivity index (χ4v) is 2.92. The Morgan fingerprint density at radius 2 is 1.83 bits per heavy atom. The van der Waals surface area contributed by atoms with Crippen LogP contribution in [0.5, 0.6) is 5.75 Å². The van der Waals surface area contributed by atoms with Gasteiger partial charge in [0.2, 0.25) is 11.8 Å². The van der Waals surface area contributed by atoms with Crippen LogP contribution >= 0.6 is 0 Å². The number of carbonyl (C=O) groups excluding carboxylic acids is 2. The third-order valence-corrected chi connectivity index (χ3v) is 4.30. The van der Waals surface area contributed by atoms with E-state index in [0.29, 0.717) is 13.1 Å². The molecule has 1 saturated heterocycles. The number of piperazine rings is 1. The molecule has 132 valence electrons. The Morgan fingerprint density at radius 1 is 1.17 bits per heavy atom. The summed E-state index contributed by atoms with van der Waals surface area (Å²) in [6.07, 6.45) is 0. The van der Waals surface area contributed by atoms with Gasteiger partial charge in [0.25, 0.3) is 0 Å². The maximum atomic E-state index is 12.7. The standard InChI is InChI=1S/C18H27N3O3/c1-13(2)17(19-14(3)22)18(23)21-10-8-20(9-11-21)15-6-5-7-16(12-15)24-4/h5-7,12-13,17H,8-11H2,1-4H3,(H,19,22). The van der Waals surface area contributed by atoms with Gasteiger partial charge in [0.1, 0.15) is 11.8 Å². The van der Waals surface area contributed by atoms with E-state index in [1.807, 2.05) is 43.0 Å². The van der Waals surface area contributed by atoms with Gasteiger partial charge in [-0.2, -0.15) is 0 Å². The molecule has 6 heteroatoms. The second-order valence-corrected chi connectivity index (χ2v) is 6.44. The predicted octanol–water partition coefficient (Wildman–Crippen LogP) is 1.50. The number of anilines is 1. The maximum absolute atomic E-state index is 12.7. The lowest BCUT2D eigenvalue weighted by Crippen LogP contribution is -2.56. The first-order valence-corrected chi connectivity index (χ1v) is 8.37. The number of carbonyl (C=O) groups is 2. The van der Waals surface area contributed by atoms with Crippen LogP contribution in [0.25, 0.3) is 0 Å². The number of benzene rings is 1. The Bertz CT molecular complexity index is 581. The van der Waals surface area contributed by atoms with Crippen LogP contribution in [0.1, 0.15) is 20.8 Å². The lowest BCUT2D eigenvalue weighted by Gasteiger charge is -2.38. The summed E-state index contributed by atoms with van der Waals surface area (Å²) >= 11 is 0. The highest BCUT2D eigenvalue weighted by atomic mass is 16.5. The van der Waals surface area contributed by atoms with Crippen LogP contribution in [0.3, 0.4) is 0 Å². The zero-order chi connectivity index (χ0) is 17.7. The monoisotopic (exact) mass is 333 g/mol. The minimum Gasteiger partial charge on any atom is -0.497 e. The van der Waals surface area contributed by atoms with E-state index in [-0.39, 0.29) is 17.7 Å². The van der Waals surface area contributed by atoms with Gasteiger partial charge in [0.05, 0.1) is 7.11 Å². The molecular formula is C18H27N3O3. The van der Waals surface area contributed by atoms with E-state index in [2.05, 4.69) is 10.2 Å². The van der Waals surface area contributed by atoms with E-state index in [9.17, 15) is 9.59 Å². The number of methoxy groups -OCH3 is 1. The number of nitrogens with zero attached hydrogens (tertiary/aromatic N) is 2. The van der Waals surface area contributed by atoms with Gasteiger partial charge in [-0.3, -0.25) is 9.59 Å². The molecule has 0 radical (unpaired) electrons. The number of hydrogen-bond acceptors (Lipinski definition) is 4. The molecule has 1 fully saturated rings. The molecule has 0 spiro atoms. The van der Waals surface area contributed by atoms with Crippen molar-refractivity contribution in [2.45, 2.75) is 26.8 Å². The summed E-state index contributed by atoms with van der Waals surface area (Å²) in [4.78, 5) is 28.1. The molecule has 1 unspecified atom stereocenters. The Kier molecular flexibility index (Phi) is 6.06. The third kappa shape index (κ3) is 4.40. The van der Waals surface area contributed by atoms with E-state index in [4.69, 9.17) is 4.74 Å². The molecule has 1 aromatic rings. The Hall–Kier alpha value is -2.24. The van der Waals surface area contributed by atoms with Gasteiger partial charge in [0, 0.05) is 44.9 Å². The molecule has 2 amide bonds. The molecular weight excluding hydrogens is 306 g/mol. The van der Waals surface area contributed by atoms with Crippen molar-refractivity contribution in [1.29, 1.82) is 0 Å². The summed E-state index contributed by atoms with van der Waals surface area (Å²) in [5.74, 6) is 0.733. The van der Waals surface area contributed by atoms with Crippen LogP contribution in [0, 0.1) is 5.92 Å². The Labute approximate surface area is 143 Å². The molecule has 1 aliphatic heterocycles. The fraction of sp³-hybridized carbons (Fsp3) is 0.556. The molecule has 0 bridgehead atoms. The average molecular weight is 333 g/mol. The summed E-state index contributed by atoms with van der Waals surface area (Å²) in [6, 6.07) is 7.49. The lowest BCUT2D eigenvalue weighted by molar-refractivity contribution is -0.137. The van der Waals surface area contributed by atoms with E-state index in [0.717, 1.165) is 24.5 Å². The normalized spacial score (nSPS) is 16.0. The third-order valence-electron chi connectivity index (χ3n) is 4.30. The second kappa shape index (κ2) is 8.04. The largest absolute Gasteiger partial charge is 0.497 e. The number of ether oxygens (including phenoxy) is 1. The van der Waals surface area contributed by atoms with E-state index in [1.54, 1.807) is 7.11 Å². The highest BCUT2D eigenvalue weighted by Gasteiger charge is 2.30. The van der Waals surface area contributed by atoms with Crippen molar-refractivity contribution < 1.29 is 14.3 Å². The molecule has 1 heterocycles. The predicted molar refractivity (Wildman–Crippen MR) is 94.2 cm³/mol. The molecule has 1 atom stereocenters. The summed E-state index contributed by atoms with van der Waals surface area (Å²) < 4.78 is 5.27. The average Bonchev–Trinajstić information content (AvgIpc) is 2.59. The molecule has 24 heavy (non-hydrogen) atoms. The van der Waals surface area contributed by atoms with Gasteiger partial charge in [0.15, 0.2) is 0 Å². The summed E-state index contributed by atoms with van der Waals surface area (Å²) in [7, 11) is 1.66. The maximum Gasteiger partial charge on any atom is 0.245 e. The molecule has 1 aliphatic rings. The summed E-state index contributed by atoms with van der Waals surface area (Å²) in [5, 5.41) is 2.77. The SMILES string of the molecule is COc1cccc(N2CCN(C(=O)C(NC(C)=O)C(C)C)CC2)c1. The van der Waals surface area contributed by atoms with Crippen molar-refractivity contribution in [1.82, 2.24) is 10.2 Å². The van der Waals surface area contributed by atoms with Gasteiger partial charge in [-0.05, 0) is 18.1 Å². The molecule has 6 nitrogen and oxygen atoms in total. The minimum absolute atomic E-state index is 0.00509. The number of amides is 2. The van der Waals surface area contributed by atoms with Gasteiger partial charge >= 0.3 is 0 Å². The van der Waals surface area contributed by atoms with Crippen molar-refractivity contribution in [3.63, 3.8) is 0 Å². The number of hydrogen-bond donors (Lipinski definition) is 1. The molecule has 0 aliphatic carbocycles. The van der Waals surface area contributed by atoms with Crippen molar-refractivity contribution in [2.75, 3.05) is 38.2 Å². The molecule has 1 aromatic carbocycles. The van der Waals surface area contributed by atoms with Crippen LogP contribution < -0.4 is 15.0 Å². The van der Waals surface area contributed by atoms with E-state index in [1.165, 1.54) is 6.92 Å². The van der Waals surface area contributed by atoms with Crippen molar-refractivity contribution in [2.24, 2.45) is 5.92 Å². The summed E-state index contributed by atoms with van der Waals surface area (Å²) in [6.45, 7) is 8.19. The van der Waals surface area contributed by atoms with Crippen LogP contribution in [-0.2, 0) is 9.59 Å². The van der Waals surface area contributed by atoms with Gasteiger partial charge in [-0.1, -0.05) is 19.9 Å². The van der Waals surface area contributed by atoms with Gasteiger partial charge in [-0.15, -0.1) is 0 Å². The smallest absolute Gasteiger partial charge is 0.245 e. The van der Waals surface area contributed by atoms with E-state index >= 15 is 0 Å². The molecule has 0 aromatic heterocycles. The quantitative estimate of drug-likeness (QED) is 0.887. The fourth-order valence-electron chi connectivity index (χ4n) is 2.92. The van der Waals surface area contributed by atoms with Crippen molar-refractivity contribution in [3.8, 4) is 5.75 Å². The van der Waals surface area contributed by atoms with Gasteiger partial charge in [-0.25, -0.2) is 0 Å². The lowest BCUT2D eigenvalue weighted by atomic mass is 10.0. The number of nitrogens with one attached hydrogen (secondary N) is 1. The van der Waals surface area contributed by atoms with Crippen molar-refractivity contribution in [3.05, 3.63) is 24.3 Å². The first-order chi connectivity index (χ1) is 11.4. The van der Waals surface area contributed by atoms with E-state index < -0.39 is 6.04 Å². The zero-order valence-corrected chi connectivity index (χ0v) is 14.9. The molecule has 2 rings (SSSR count). The minimum atomic E-state index is -0.453. The van der Waals surface area contributed by atoms with Crippen LogP contribution in [-0.4, -0.2) is 56.0 Å². The second-order valence-electron chi connectivity index (χ2n) is 6.44. The van der Waals surface area contributed by atoms with Crippen LogP contribution in [0.4, 0.5) is 5.69 Å². The first-order valence-electron chi connectivity index (χ1n) is 8.37. The van der Waals surface area contributed by atoms with Gasteiger partial charge < -0.3 is 19.9 Å².